The second-order valence-electron chi connectivity index (χ2n) is 3.47. The van der Waals surface area contributed by atoms with Crippen LogP contribution in [0.1, 0.15) is 11.3 Å². The van der Waals surface area contributed by atoms with Gasteiger partial charge in [-0.15, -0.1) is 0 Å². The van der Waals surface area contributed by atoms with Crippen LogP contribution in [0, 0.1) is 13.8 Å². The van der Waals surface area contributed by atoms with Crippen molar-refractivity contribution in [3.63, 3.8) is 0 Å². The molecule has 0 spiro atoms. The van der Waals surface area contributed by atoms with Crippen LogP contribution in [-0.4, -0.2) is 12.1 Å². The highest BCUT2D eigenvalue weighted by molar-refractivity contribution is 5.81. The maximum Gasteiger partial charge on any atom is 0.123 e. The molecule has 2 rings (SSSR count). The van der Waals surface area contributed by atoms with Gasteiger partial charge in [-0.3, -0.25) is 4.98 Å². The van der Waals surface area contributed by atoms with Crippen LogP contribution in [0.25, 0.3) is 10.9 Å². The van der Waals surface area contributed by atoms with Gasteiger partial charge < -0.3 is 4.74 Å². The second-order valence-corrected chi connectivity index (χ2v) is 3.47. The summed E-state index contributed by atoms with van der Waals surface area (Å²) in [6.07, 6.45) is 0. The van der Waals surface area contributed by atoms with E-state index in [2.05, 4.69) is 17.1 Å². The molecule has 1 aromatic carbocycles. The van der Waals surface area contributed by atoms with Crippen molar-refractivity contribution in [2.24, 2.45) is 0 Å². The minimum atomic E-state index is 0.899. The van der Waals surface area contributed by atoms with Crippen LogP contribution in [0.4, 0.5) is 0 Å². The van der Waals surface area contributed by atoms with Gasteiger partial charge in [-0.2, -0.15) is 0 Å². The number of rotatable bonds is 1. The lowest BCUT2D eigenvalue weighted by Crippen LogP contribution is -1.89. The molecule has 0 radical (unpaired) electrons. The van der Waals surface area contributed by atoms with Crippen molar-refractivity contribution in [3.05, 3.63) is 35.5 Å². The number of pyridine rings is 1. The quantitative estimate of drug-likeness (QED) is 0.684. The van der Waals surface area contributed by atoms with E-state index in [0.717, 1.165) is 27.9 Å². The molecule has 2 aromatic rings. The van der Waals surface area contributed by atoms with Crippen LogP contribution in [-0.2, 0) is 0 Å². The summed E-state index contributed by atoms with van der Waals surface area (Å²) in [6, 6.07) is 8.19. The van der Waals surface area contributed by atoms with E-state index in [4.69, 9.17) is 4.74 Å². The van der Waals surface area contributed by atoms with Gasteiger partial charge >= 0.3 is 0 Å². The Kier molecular flexibility index (Phi) is 2.12. The second kappa shape index (κ2) is 3.29. The first-order valence-electron chi connectivity index (χ1n) is 4.62. The van der Waals surface area contributed by atoms with Gasteiger partial charge in [0.15, 0.2) is 0 Å². The third-order valence-corrected chi connectivity index (χ3v) is 2.35. The van der Waals surface area contributed by atoms with Crippen LogP contribution in [0.2, 0.25) is 0 Å². The van der Waals surface area contributed by atoms with E-state index in [1.165, 1.54) is 0 Å². The molecule has 2 heteroatoms. The molecule has 0 unspecified atom stereocenters. The smallest absolute Gasteiger partial charge is 0.123 e. The van der Waals surface area contributed by atoms with E-state index in [0.29, 0.717) is 0 Å². The van der Waals surface area contributed by atoms with Gasteiger partial charge in [0.1, 0.15) is 5.75 Å². The zero-order chi connectivity index (χ0) is 10.1. The Hall–Kier alpha value is -1.57. The zero-order valence-electron chi connectivity index (χ0n) is 8.66. The predicted octanol–water partition coefficient (Wildman–Crippen LogP) is 2.86. The van der Waals surface area contributed by atoms with Gasteiger partial charge in [-0.25, -0.2) is 0 Å². The van der Waals surface area contributed by atoms with Crippen molar-refractivity contribution in [3.8, 4) is 5.75 Å². The van der Waals surface area contributed by atoms with E-state index >= 15 is 0 Å². The number of nitrogens with zero attached hydrogens (tertiary/aromatic N) is 1. The average molecular weight is 187 g/mol. The molecule has 2 nitrogen and oxygen atoms in total. The Balaban J connectivity index is 2.73. The number of aryl methyl sites for hydroxylation is 2. The maximum atomic E-state index is 5.25. The van der Waals surface area contributed by atoms with Crippen molar-refractivity contribution in [2.75, 3.05) is 7.11 Å². The highest BCUT2D eigenvalue weighted by Gasteiger charge is 2.02. The predicted molar refractivity (Wildman–Crippen MR) is 57.8 cm³/mol. The molecule has 0 amide bonds. The molecule has 0 fully saturated rings. The summed E-state index contributed by atoms with van der Waals surface area (Å²) >= 11 is 0. The number of aromatic nitrogens is 1. The molecule has 0 aliphatic carbocycles. The summed E-state index contributed by atoms with van der Waals surface area (Å²) in [5.74, 6) is 0.899. The standard InChI is InChI=1S/C12H13NO/c1-8-6-10-5-4-9(2)13-11(10)7-12(8)14-3/h4-7H,1-3H3. The highest BCUT2D eigenvalue weighted by atomic mass is 16.5. The molecule has 14 heavy (non-hydrogen) atoms. The monoisotopic (exact) mass is 187 g/mol. The fourth-order valence-corrected chi connectivity index (χ4v) is 1.59. The van der Waals surface area contributed by atoms with Gasteiger partial charge in [0.2, 0.25) is 0 Å². The first kappa shape index (κ1) is 9.00. The van der Waals surface area contributed by atoms with E-state index in [1.807, 2.05) is 26.0 Å². The fourth-order valence-electron chi connectivity index (χ4n) is 1.59. The molecule has 0 saturated heterocycles. The Morgan fingerprint density at radius 3 is 2.64 bits per heavy atom. The van der Waals surface area contributed by atoms with Crippen LogP contribution >= 0.6 is 0 Å². The summed E-state index contributed by atoms with van der Waals surface area (Å²) in [6.45, 7) is 4.03. The average Bonchev–Trinajstić information content (AvgIpc) is 2.17. The molecule has 0 N–H and O–H groups in total. The maximum absolute atomic E-state index is 5.25. The molecule has 0 bridgehead atoms. The van der Waals surface area contributed by atoms with Crippen molar-refractivity contribution >= 4 is 10.9 Å². The zero-order valence-corrected chi connectivity index (χ0v) is 8.66. The summed E-state index contributed by atoms with van der Waals surface area (Å²) in [4.78, 5) is 4.45. The van der Waals surface area contributed by atoms with Crippen LogP contribution in [0.15, 0.2) is 24.3 Å². The molecule has 1 heterocycles. The molecular formula is C12H13NO. The number of ether oxygens (including phenoxy) is 1. The summed E-state index contributed by atoms with van der Waals surface area (Å²) in [7, 11) is 1.68. The fraction of sp³-hybridized carbons (Fsp3) is 0.250. The number of hydrogen-bond donors (Lipinski definition) is 0. The lowest BCUT2D eigenvalue weighted by atomic mass is 10.1. The topological polar surface area (TPSA) is 22.1 Å². The summed E-state index contributed by atoms with van der Waals surface area (Å²) in [5.41, 5.74) is 3.17. The normalized spacial score (nSPS) is 10.5. The van der Waals surface area contributed by atoms with E-state index < -0.39 is 0 Å². The van der Waals surface area contributed by atoms with Gasteiger partial charge in [0.05, 0.1) is 12.6 Å². The number of hydrogen-bond acceptors (Lipinski definition) is 2. The Morgan fingerprint density at radius 1 is 1.14 bits per heavy atom. The lowest BCUT2D eigenvalue weighted by Gasteiger charge is -2.06. The van der Waals surface area contributed by atoms with Crippen LogP contribution < -0.4 is 4.74 Å². The van der Waals surface area contributed by atoms with Crippen LogP contribution in [0.3, 0.4) is 0 Å². The SMILES string of the molecule is COc1cc2nc(C)ccc2cc1C. The van der Waals surface area contributed by atoms with E-state index in [9.17, 15) is 0 Å². The molecule has 0 aliphatic heterocycles. The number of methoxy groups -OCH3 is 1. The van der Waals surface area contributed by atoms with Crippen LogP contribution in [0.5, 0.6) is 5.75 Å². The van der Waals surface area contributed by atoms with Crippen molar-refractivity contribution < 1.29 is 4.74 Å². The Bertz CT molecular complexity index is 477. The van der Waals surface area contributed by atoms with Crippen molar-refractivity contribution in [1.29, 1.82) is 0 Å². The van der Waals surface area contributed by atoms with E-state index in [1.54, 1.807) is 7.11 Å². The third-order valence-electron chi connectivity index (χ3n) is 2.35. The molecule has 0 atom stereocenters. The summed E-state index contributed by atoms with van der Waals surface area (Å²) < 4.78 is 5.25. The minimum absolute atomic E-state index is 0.899. The van der Waals surface area contributed by atoms with Gasteiger partial charge in [-0.1, -0.05) is 6.07 Å². The summed E-state index contributed by atoms with van der Waals surface area (Å²) in [5, 5.41) is 1.16. The lowest BCUT2D eigenvalue weighted by molar-refractivity contribution is 0.412. The van der Waals surface area contributed by atoms with Gasteiger partial charge in [0.25, 0.3) is 0 Å². The molecule has 72 valence electrons. The molecular weight excluding hydrogens is 174 g/mol. The molecule has 0 aliphatic rings. The van der Waals surface area contributed by atoms with Crippen molar-refractivity contribution in [1.82, 2.24) is 4.98 Å². The Morgan fingerprint density at radius 2 is 1.93 bits per heavy atom. The van der Waals surface area contributed by atoms with Gasteiger partial charge in [0, 0.05) is 17.1 Å². The van der Waals surface area contributed by atoms with Gasteiger partial charge in [-0.05, 0) is 31.5 Å². The Labute approximate surface area is 83.5 Å². The first-order chi connectivity index (χ1) is 6.70. The van der Waals surface area contributed by atoms with E-state index in [-0.39, 0.29) is 0 Å². The molecule has 1 aromatic heterocycles. The first-order valence-corrected chi connectivity index (χ1v) is 4.62. The minimum Gasteiger partial charge on any atom is -0.496 e. The third kappa shape index (κ3) is 1.43. The molecule has 0 saturated carbocycles. The highest BCUT2D eigenvalue weighted by Crippen LogP contribution is 2.23. The number of fused-ring (bicyclic) bond motifs is 1. The largest absolute Gasteiger partial charge is 0.496 e. The number of benzene rings is 1. The van der Waals surface area contributed by atoms with Crippen molar-refractivity contribution in [2.45, 2.75) is 13.8 Å².